The van der Waals surface area contributed by atoms with Crippen molar-refractivity contribution in [2.24, 2.45) is 0 Å². The summed E-state index contributed by atoms with van der Waals surface area (Å²) in [5, 5.41) is 13.0. The molecule has 116 valence electrons. The highest BCUT2D eigenvalue weighted by Crippen LogP contribution is 2.30. The average Bonchev–Trinajstić information content (AvgIpc) is 2.56. The van der Waals surface area contributed by atoms with Gasteiger partial charge in [0.1, 0.15) is 23.2 Å². The molecule has 3 rings (SSSR count). The molecule has 0 aliphatic rings. The van der Waals surface area contributed by atoms with E-state index < -0.39 is 5.82 Å². The van der Waals surface area contributed by atoms with Crippen molar-refractivity contribution in [1.29, 1.82) is 5.26 Å². The summed E-state index contributed by atoms with van der Waals surface area (Å²) in [7, 11) is 1.59. The highest BCUT2D eigenvalue weighted by molar-refractivity contribution is 5.96. The Morgan fingerprint density at radius 1 is 1.17 bits per heavy atom. The number of hydrogen-bond donors (Lipinski definition) is 1. The summed E-state index contributed by atoms with van der Waals surface area (Å²) in [5.74, 6) is 0.316. The molecule has 0 radical (unpaired) electrons. The standard InChI is InChI=1S/C17H12FN3O.ClH/c1-22-13-7-5-12(6-8-13)21-16-11(9-19)10-20-17-14(16)3-2-4-15(17)18;/h2-8,10H,1H3,(H,20,21);1H. The number of nitrogens with zero attached hydrogens (tertiary/aromatic N) is 2. The number of nitriles is 1. The van der Waals surface area contributed by atoms with Gasteiger partial charge in [0.2, 0.25) is 0 Å². The van der Waals surface area contributed by atoms with Crippen LogP contribution in [0.4, 0.5) is 15.8 Å². The van der Waals surface area contributed by atoms with Gasteiger partial charge >= 0.3 is 0 Å². The minimum atomic E-state index is -0.417. The number of ether oxygens (including phenoxy) is 1. The predicted octanol–water partition coefficient (Wildman–Crippen LogP) is 4.42. The van der Waals surface area contributed by atoms with Crippen molar-refractivity contribution >= 4 is 34.7 Å². The Bertz CT molecular complexity index is 875. The van der Waals surface area contributed by atoms with E-state index in [2.05, 4.69) is 16.4 Å². The third kappa shape index (κ3) is 3.17. The molecule has 3 aromatic rings. The van der Waals surface area contributed by atoms with Gasteiger partial charge < -0.3 is 10.1 Å². The molecular formula is C17H13ClFN3O. The van der Waals surface area contributed by atoms with Crippen LogP contribution < -0.4 is 10.1 Å². The molecule has 1 heterocycles. The van der Waals surface area contributed by atoms with Crippen molar-refractivity contribution in [3.05, 3.63) is 60.0 Å². The van der Waals surface area contributed by atoms with Crippen LogP contribution in [0.15, 0.2) is 48.7 Å². The molecule has 0 aliphatic heterocycles. The van der Waals surface area contributed by atoms with Gasteiger partial charge in [0, 0.05) is 17.3 Å². The summed E-state index contributed by atoms with van der Waals surface area (Å²) in [6, 6.07) is 14.0. The zero-order valence-corrected chi connectivity index (χ0v) is 13.0. The molecule has 0 atom stereocenters. The van der Waals surface area contributed by atoms with Gasteiger partial charge in [-0.15, -0.1) is 12.4 Å². The minimum absolute atomic E-state index is 0. The monoisotopic (exact) mass is 329 g/mol. The summed E-state index contributed by atoms with van der Waals surface area (Å²) in [6.45, 7) is 0. The highest BCUT2D eigenvalue weighted by Gasteiger charge is 2.11. The lowest BCUT2D eigenvalue weighted by Crippen LogP contribution is -1.98. The third-order valence-corrected chi connectivity index (χ3v) is 3.33. The Morgan fingerprint density at radius 3 is 2.57 bits per heavy atom. The van der Waals surface area contributed by atoms with Crippen molar-refractivity contribution in [1.82, 2.24) is 4.98 Å². The van der Waals surface area contributed by atoms with Gasteiger partial charge in [0.15, 0.2) is 0 Å². The van der Waals surface area contributed by atoms with E-state index in [1.165, 1.54) is 12.3 Å². The fourth-order valence-electron chi connectivity index (χ4n) is 2.23. The van der Waals surface area contributed by atoms with Gasteiger partial charge in [-0.25, -0.2) is 4.39 Å². The van der Waals surface area contributed by atoms with E-state index in [1.807, 2.05) is 12.1 Å². The average molecular weight is 330 g/mol. The number of benzene rings is 2. The second kappa shape index (κ2) is 6.95. The van der Waals surface area contributed by atoms with E-state index >= 15 is 0 Å². The van der Waals surface area contributed by atoms with Crippen LogP contribution in [0.1, 0.15) is 5.56 Å². The van der Waals surface area contributed by atoms with Crippen LogP contribution >= 0.6 is 12.4 Å². The van der Waals surface area contributed by atoms with Crippen LogP contribution in [0.2, 0.25) is 0 Å². The first kappa shape index (κ1) is 16.5. The van der Waals surface area contributed by atoms with Crippen LogP contribution in [0.5, 0.6) is 5.75 Å². The third-order valence-electron chi connectivity index (χ3n) is 3.33. The molecular weight excluding hydrogens is 317 g/mol. The number of halogens is 2. The lowest BCUT2D eigenvalue weighted by Gasteiger charge is -2.12. The molecule has 0 unspecified atom stereocenters. The molecule has 0 bridgehead atoms. The summed E-state index contributed by atoms with van der Waals surface area (Å²) in [4.78, 5) is 4.02. The summed E-state index contributed by atoms with van der Waals surface area (Å²) >= 11 is 0. The first-order valence-electron chi connectivity index (χ1n) is 6.61. The van der Waals surface area contributed by atoms with Crippen LogP contribution in [-0.2, 0) is 0 Å². The largest absolute Gasteiger partial charge is 0.497 e. The Hall–Kier alpha value is -2.84. The topological polar surface area (TPSA) is 57.9 Å². The smallest absolute Gasteiger partial charge is 0.149 e. The summed E-state index contributed by atoms with van der Waals surface area (Å²) in [5.41, 5.74) is 1.90. The van der Waals surface area contributed by atoms with Gasteiger partial charge in [-0.2, -0.15) is 5.26 Å². The number of anilines is 2. The van der Waals surface area contributed by atoms with E-state index in [1.54, 1.807) is 31.4 Å². The van der Waals surface area contributed by atoms with Crippen LogP contribution in [0.25, 0.3) is 10.9 Å². The van der Waals surface area contributed by atoms with E-state index in [4.69, 9.17) is 4.74 Å². The second-order valence-electron chi connectivity index (χ2n) is 4.65. The van der Waals surface area contributed by atoms with Crippen molar-refractivity contribution in [2.75, 3.05) is 12.4 Å². The van der Waals surface area contributed by atoms with Crippen molar-refractivity contribution < 1.29 is 9.13 Å². The molecule has 0 saturated heterocycles. The first-order chi connectivity index (χ1) is 10.7. The van der Waals surface area contributed by atoms with Gasteiger partial charge in [-0.05, 0) is 30.3 Å². The Kier molecular flexibility index (Phi) is 4.99. The number of methoxy groups -OCH3 is 1. The molecule has 1 N–H and O–H groups in total. The quantitative estimate of drug-likeness (QED) is 0.772. The zero-order chi connectivity index (χ0) is 15.5. The fraction of sp³-hybridized carbons (Fsp3) is 0.0588. The second-order valence-corrected chi connectivity index (χ2v) is 4.65. The van der Waals surface area contributed by atoms with Crippen molar-refractivity contribution in [3.63, 3.8) is 0 Å². The van der Waals surface area contributed by atoms with Crippen LogP contribution in [0.3, 0.4) is 0 Å². The molecule has 0 aliphatic carbocycles. The van der Waals surface area contributed by atoms with Crippen LogP contribution in [0, 0.1) is 17.1 Å². The molecule has 0 saturated carbocycles. The van der Waals surface area contributed by atoms with E-state index in [0.29, 0.717) is 16.6 Å². The molecule has 1 aromatic heterocycles. The number of pyridine rings is 1. The van der Waals surface area contributed by atoms with Gasteiger partial charge in [0.05, 0.1) is 18.4 Å². The molecule has 4 nitrogen and oxygen atoms in total. The number of hydrogen-bond acceptors (Lipinski definition) is 4. The number of aromatic nitrogens is 1. The lowest BCUT2D eigenvalue weighted by molar-refractivity contribution is 0.415. The molecule has 0 fully saturated rings. The van der Waals surface area contributed by atoms with Gasteiger partial charge in [-0.3, -0.25) is 4.98 Å². The molecule has 0 spiro atoms. The van der Waals surface area contributed by atoms with E-state index in [-0.39, 0.29) is 17.9 Å². The molecule has 2 aromatic carbocycles. The molecule has 6 heteroatoms. The summed E-state index contributed by atoms with van der Waals surface area (Å²) < 4.78 is 19.0. The van der Waals surface area contributed by atoms with Crippen molar-refractivity contribution in [3.8, 4) is 11.8 Å². The normalized spacial score (nSPS) is 9.78. The maximum Gasteiger partial charge on any atom is 0.149 e. The Morgan fingerprint density at radius 2 is 1.91 bits per heavy atom. The van der Waals surface area contributed by atoms with Crippen molar-refractivity contribution in [2.45, 2.75) is 0 Å². The highest BCUT2D eigenvalue weighted by atomic mass is 35.5. The fourth-order valence-corrected chi connectivity index (χ4v) is 2.23. The maximum atomic E-state index is 13.8. The van der Waals surface area contributed by atoms with Crippen LogP contribution in [-0.4, -0.2) is 12.1 Å². The predicted molar refractivity (Wildman–Crippen MR) is 89.9 cm³/mol. The number of rotatable bonds is 3. The van der Waals surface area contributed by atoms with Gasteiger partial charge in [0.25, 0.3) is 0 Å². The zero-order valence-electron chi connectivity index (χ0n) is 12.2. The van der Waals surface area contributed by atoms with Gasteiger partial charge in [-0.1, -0.05) is 12.1 Å². The Balaban J connectivity index is 0.00000192. The lowest BCUT2D eigenvalue weighted by atomic mass is 10.1. The minimum Gasteiger partial charge on any atom is -0.497 e. The van der Waals surface area contributed by atoms with E-state index in [0.717, 1.165) is 11.4 Å². The SMILES string of the molecule is COc1ccc(Nc2c(C#N)cnc3c(F)cccc23)cc1.Cl. The summed E-state index contributed by atoms with van der Waals surface area (Å²) in [6.07, 6.45) is 1.37. The number of para-hydroxylation sites is 1. The number of nitrogens with one attached hydrogen (secondary N) is 1. The number of fused-ring (bicyclic) bond motifs is 1. The Labute approximate surface area is 138 Å². The molecule has 23 heavy (non-hydrogen) atoms. The maximum absolute atomic E-state index is 13.8. The molecule has 0 amide bonds. The van der Waals surface area contributed by atoms with E-state index in [9.17, 15) is 9.65 Å². The first-order valence-corrected chi connectivity index (χ1v) is 6.61.